The van der Waals surface area contributed by atoms with E-state index in [0.717, 1.165) is 5.56 Å². The van der Waals surface area contributed by atoms with Crippen molar-refractivity contribution < 1.29 is 45.9 Å². The molecule has 0 heterocycles. The van der Waals surface area contributed by atoms with Crippen molar-refractivity contribution in [2.24, 2.45) is 34.0 Å². The number of nitrogens with two attached hydrogens (primary N) is 3. The van der Waals surface area contributed by atoms with Gasteiger partial charge in [-0.05, 0) is 44.1 Å². The van der Waals surface area contributed by atoms with E-state index in [1.807, 2.05) is 6.07 Å². The van der Waals surface area contributed by atoms with Gasteiger partial charge >= 0.3 is 6.09 Å². The van der Waals surface area contributed by atoms with Crippen LogP contribution in [0.5, 0.6) is 0 Å². The summed E-state index contributed by atoms with van der Waals surface area (Å²) in [5.41, 5.74) is 15.5. The number of hydrogen-bond donors (Lipinski definition) is 5. The summed E-state index contributed by atoms with van der Waals surface area (Å²) in [5.74, 6) is -16.1. The second-order valence-corrected chi connectivity index (χ2v) is 10.9. The minimum atomic E-state index is -2.37. The molecule has 16 heteroatoms. The molecular formula is C31H39F5N6O5. The Morgan fingerprint density at radius 1 is 0.851 bits per heavy atom. The average molecular weight is 671 g/mol. The van der Waals surface area contributed by atoms with E-state index in [1.54, 1.807) is 24.3 Å². The molecule has 0 spiro atoms. The highest BCUT2D eigenvalue weighted by Crippen LogP contribution is 2.27. The predicted molar refractivity (Wildman–Crippen MR) is 162 cm³/mol. The molecule has 0 fully saturated rings. The van der Waals surface area contributed by atoms with Gasteiger partial charge in [0.05, 0.1) is 0 Å². The molecule has 0 aromatic heterocycles. The van der Waals surface area contributed by atoms with Crippen LogP contribution in [0.2, 0.25) is 0 Å². The summed E-state index contributed by atoms with van der Waals surface area (Å²) >= 11 is 0. The molecule has 3 atom stereocenters. The zero-order valence-corrected chi connectivity index (χ0v) is 25.8. The predicted octanol–water partition coefficient (Wildman–Crippen LogP) is 3.26. The van der Waals surface area contributed by atoms with Gasteiger partial charge in [-0.15, -0.1) is 0 Å². The maximum atomic E-state index is 14.5. The Bertz CT molecular complexity index is 1400. The van der Waals surface area contributed by atoms with E-state index < -0.39 is 89.1 Å². The van der Waals surface area contributed by atoms with Crippen molar-refractivity contribution >= 4 is 29.7 Å². The summed E-state index contributed by atoms with van der Waals surface area (Å²) < 4.78 is 75.6. The van der Waals surface area contributed by atoms with Crippen molar-refractivity contribution in [1.29, 1.82) is 0 Å². The largest absolute Gasteiger partial charge is 0.445 e. The Kier molecular flexibility index (Phi) is 15.6. The molecule has 258 valence electrons. The molecule has 11 nitrogen and oxygen atoms in total. The fraction of sp³-hybridized carbons (Fsp3) is 0.452. The number of ether oxygens (including phenoxy) is 1. The quantitative estimate of drug-likeness (QED) is 0.0378. The van der Waals surface area contributed by atoms with Crippen LogP contribution in [0.1, 0.15) is 56.6 Å². The zero-order valence-electron chi connectivity index (χ0n) is 25.8. The van der Waals surface area contributed by atoms with Gasteiger partial charge in [0.1, 0.15) is 18.4 Å². The zero-order chi connectivity index (χ0) is 35.1. The number of carbonyl (C=O) groups is 4. The van der Waals surface area contributed by atoms with Crippen LogP contribution in [0.25, 0.3) is 0 Å². The lowest BCUT2D eigenvalue weighted by atomic mass is 9.87. The molecule has 0 unspecified atom stereocenters. The van der Waals surface area contributed by atoms with Crippen molar-refractivity contribution in [1.82, 2.24) is 10.6 Å². The lowest BCUT2D eigenvalue weighted by Gasteiger charge is -2.22. The van der Waals surface area contributed by atoms with Crippen LogP contribution in [0.15, 0.2) is 35.3 Å². The number of unbranched alkanes of at least 4 members (excludes halogenated alkanes) is 1. The molecule has 0 aliphatic rings. The maximum Gasteiger partial charge on any atom is 0.407 e. The van der Waals surface area contributed by atoms with Crippen LogP contribution < -0.4 is 27.8 Å². The van der Waals surface area contributed by atoms with E-state index in [2.05, 4.69) is 15.6 Å². The summed E-state index contributed by atoms with van der Waals surface area (Å²) in [6.45, 7) is 1.96. The molecule has 0 saturated carbocycles. The number of nitrogens with zero attached hydrogens (tertiary/aromatic N) is 1. The Balaban J connectivity index is 2.07. The number of rotatable bonds is 19. The fourth-order valence-electron chi connectivity index (χ4n) is 4.56. The lowest BCUT2D eigenvalue weighted by molar-refractivity contribution is -0.133. The second kappa shape index (κ2) is 19.0. The van der Waals surface area contributed by atoms with Gasteiger partial charge in [-0.2, -0.15) is 0 Å². The van der Waals surface area contributed by atoms with Gasteiger partial charge in [0.15, 0.2) is 29.2 Å². The third-order valence-electron chi connectivity index (χ3n) is 7.27. The van der Waals surface area contributed by atoms with Crippen LogP contribution in [-0.2, 0) is 32.1 Å². The normalized spacial score (nSPS) is 12.8. The van der Waals surface area contributed by atoms with Gasteiger partial charge < -0.3 is 32.6 Å². The van der Waals surface area contributed by atoms with Crippen LogP contribution in [0.3, 0.4) is 0 Å². The van der Waals surface area contributed by atoms with Gasteiger partial charge in [-0.1, -0.05) is 37.3 Å². The fourth-order valence-corrected chi connectivity index (χ4v) is 4.56. The molecule has 0 aliphatic carbocycles. The molecule has 8 N–H and O–H groups in total. The van der Waals surface area contributed by atoms with Crippen LogP contribution in [-0.4, -0.2) is 48.8 Å². The molecule has 47 heavy (non-hydrogen) atoms. The van der Waals surface area contributed by atoms with Gasteiger partial charge in [0, 0.05) is 36.9 Å². The third kappa shape index (κ3) is 12.5. The van der Waals surface area contributed by atoms with Crippen LogP contribution >= 0.6 is 0 Å². The number of aliphatic imine (C=N–C) groups is 1. The Morgan fingerprint density at radius 3 is 2.06 bits per heavy atom. The molecule has 0 radical (unpaired) electrons. The van der Waals surface area contributed by atoms with E-state index in [9.17, 15) is 41.1 Å². The van der Waals surface area contributed by atoms with Crippen molar-refractivity contribution in [3.8, 4) is 0 Å². The first kappa shape index (κ1) is 38.4. The molecule has 0 saturated heterocycles. The first-order valence-electron chi connectivity index (χ1n) is 14.9. The number of carbonyl (C=O) groups excluding carboxylic acids is 4. The number of hydrogen-bond acceptors (Lipinski definition) is 6. The molecule has 2 aromatic rings. The van der Waals surface area contributed by atoms with E-state index in [0.29, 0.717) is 12.8 Å². The number of benzene rings is 2. The maximum absolute atomic E-state index is 14.5. The van der Waals surface area contributed by atoms with E-state index in [-0.39, 0.29) is 44.9 Å². The van der Waals surface area contributed by atoms with Gasteiger partial charge in [-0.25, -0.2) is 26.7 Å². The van der Waals surface area contributed by atoms with Crippen molar-refractivity contribution in [3.63, 3.8) is 0 Å². The SMILES string of the molecule is C[C@H](CCCN=C(N)N)C(=O)C[C@@H](Cc1c(F)c(F)c(F)c(F)c1F)C(=O)N[C@@H](CCCCNC(=O)OCc1ccccc1)C(N)=O. The minimum Gasteiger partial charge on any atom is -0.445 e. The number of Topliss-reactive ketones (excluding diaryl/α,β-unsaturated/α-hetero) is 1. The summed E-state index contributed by atoms with van der Waals surface area (Å²) in [6.07, 6.45) is -1.12. The number of halogens is 5. The van der Waals surface area contributed by atoms with E-state index in [4.69, 9.17) is 21.9 Å². The minimum absolute atomic E-state index is 0.0216. The number of nitrogens with one attached hydrogen (secondary N) is 2. The van der Waals surface area contributed by atoms with Crippen LogP contribution in [0, 0.1) is 40.9 Å². The van der Waals surface area contributed by atoms with Crippen molar-refractivity contribution in [3.05, 3.63) is 70.5 Å². The number of primary amides is 1. The summed E-state index contributed by atoms with van der Waals surface area (Å²) in [6, 6.07) is 7.67. The summed E-state index contributed by atoms with van der Waals surface area (Å²) in [5, 5.41) is 4.87. The molecule has 2 rings (SSSR count). The number of guanidine groups is 1. The highest BCUT2D eigenvalue weighted by atomic mass is 19.2. The standard InChI is InChI=1S/C31H39F5N6O5/c1-17(8-7-13-40-30(38)39)22(43)15-19(14-20-23(32)25(34)27(36)26(35)24(20)33)29(45)42-21(28(37)44)11-5-6-12-41-31(46)47-16-18-9-3-2-4-10-18/h2-4,9-10,17,19,21H,5-8,11-16H2,1H3,(H2,37,44)(H,41,46)(H,42,45)(H4,38,39,40)/t17-,19-,21+/m1/s1. The molecule has 2 aromatic carbocycles. The van der Waals surface area contributed by atoms with Gasteiger partial charge in [0.2, 0.25) is 17.6 Å². The molecule has 0 bridgehead atoms. The Morgan fingerprint density at radius 2 is 1.47 bits per heavy atom. The number of alkyl carbamates (subject to hydrolysis) is 1. The number of ketones is 1. The summed E-state index contributed by atoms with van der Waals surface area (Å²) in [7, 11) is 0. The smallest absolute Gasteiger partial charge is 0.407 e. The topological polar surface area (TPSA) is 192 Å². The van der Waals surface area contributed by atoms with E-state index in [1.165, 1.54) is 6.92 Å². The van der Waals surface area contributed by atoms with Crippen molar-refractivity contribution in [2.75, 3.05) is 13.1 Å². The van der Waals surface area contributed by atoms with Crippen LogP contribution in [0.4, 0.5) is 26.7 Å². The Hall–Kier alpha value is -4.76. The second-order valence-electron chi connectivity index (χ2n) is 10.9. The molecule has 0 aliphatic heterocycles. The monoisotopic (exact) mass is 670 g/mol. The molecular weight excluding hydrogens is 631 g/mol. The Labute approximate surface area is 268 Å². The van der Waals surface area contributed by atoms with Crippen molar-refractivity contribution in [2.45, 2.75) is 64.5 Å². The highest BCUT2D eigenvalue weighted by Gasteiger charge is 2.33. The first-order valence-corrected chi connectivity index (χ1v) is 14.9. The summed E-state index contributed by atoms with van der Waals surface area (Å²) in [4.78, 5) is 54.1. The number of amides is 3. The lowest BCUT2D eigenvalue weighted by Crippen LogP contribution is -2.47. The average Bonchev–Trinajstić information content (AvgIpc) is 3.04. The molecule has 3 amide bonds. The van der Waals surface area contributed by atoms with Gasteiger partial charge in [-0.3, -0.25) is 19.4 Å². The first-order chi connectivity index (χ1) is 22.2. The van der Waals surface area contributed by atoms with Gasteiger partial charge in [0.25, 0.3) is 0 Å². The third-order valence-corrected chi connectivity index (χ3v) is 7.27. The van der Waals surface area contributed by atoms with E-state index >= 15 is 0 Å². The highest BCUT2D eigenvalue weighted by molar-refractivity contribution is 5.91.